The number of imidazole rings is 1. The molecule has 0 aliphatic carbocycles. The van der Waals surface area contributed by atoms with Gasteiger partial charge in [0, 0.05) is 29.4 Å². The van der Waals surface area contributed by atoms with Crippen LogP contribution in [0.5, 0.6) is 5.75 Å². The van der Waals surface area contributed by atoms with Gasteiger partial charge in [-0.05, 0) is 58.0 Å². The summed E-state index contributed by atoms with van der Waals surface area (Å²) in [4.78, 5) is 4.70. The molecular formula is C33H28IN3O5S. The predicted molar refractivity (Wildman–Crippen MR) is 172 cm³/mol. The molecule has 2 heterocycles. The lowest BCUT2D eigenvalue weighted by Crippen LogP contribution is -2.13. The number of rotatable bonds is 11. The maximum absolute atomic E-state index is 13.9. The lowest BCUT2D eigenvalue weighted by Gasteiger charge is -2.13. The summed E-state index contributed by atoms with van der Waals surface area (Å²) in [6.07, 6.45) is 2.03. The summed E-state index contributed by atoms with van der Waals surface area (Å²) in [6, 6.07) is 33.0. The first-order valence-corrected chi connectivity index (χ1v) is 16.1. The number of halogens is 1. The third-order valence-electron chi connectivity index (χ3n) is 6.98. The fraction of sp³-hybridized carbons (Fsp3) is 0.121. The highest BCUT2D eigenvalue weighted by molar-refractivity contribution is 14.1. The molecule has 4 aromatic carbocycles. The lowest BCUT2D eigenvalue weighted by atomic mass is 10.1. The SMILES string of the molecule is O=S(=O)(c1ccccc1)n1cc(C(O)c2nc(I)cn2COCc2ccccc2)c2ccc(OCc3ccccc3)cc21. The van der Waals surface area contributed by atoms with Gasteiger partial charge in [-0.1, -0.05) is 78.9 Å². The largest absolute Gasteiger partial charge is 0.489 e. The first kappa shape index (κ1) is 29.1. The molecule has 6 rings (SSSR count). The topological polar surface area (TPSA) is 95.6 Å². The van der Waals surface area contributed by atoms with Crippen LogP contribution in [0.4, 0.5) is 0 Å². The van der Waals surface area contributed by atoms with Gasteiger partial charge in [0.05, 0.1) is 17.0 Å². The zero-order valence-electron chi connectivity index (χ0n) is 23.0. The van der Waals surface area contributed by atoms with Crippen molar-refractivity contribution in [1.29, 1.82) is 0 Å². The average molecular weight is 706 g/mol. The van der Waals surface area contributed by atoms with E-state index in [0.717, 1.165) is 11.1 Å². The molecule has 0 aliphatic rings. The van der Waals surface area contributed by atoms with Crippen molar-refractivity contribution >= 4 is 43.5 Å². The second-order valence-electron chi connectivity index (χ2n) is 9.91. The molecule has 0 radical (unpaired) electrons. The molecule has 1 unspecified atom stereocenters. The van der Waals surface area contributed by atoms with Gasteiger partial charge in [0.25, 0.3) is 10.0 Å². The number of aliphatic hydroxyl groups excluding tert-OH is 1. The Morgan fingerprint density at radius 3 is 2.12 bits per heavy atom. The highest BCUT2D eigenvalue weighted by atomic mass is 127. The molecule has 1 N–H and O–H groups in total. The summed E-state index contributed by atoms with van der Waals surface area (Å²) in [5.74, 6) is 0.850. The highest BCUT2D eigenvalue weighted by Crippen LogP contribution is 2.35. The van der Waals surface area contributed by atoms with Gasteiger partial charge in [0.2, 0.25) is 0 Å². The Labute approximate surface area is 263 Å². The van der Waals surface area contributed by atoms with Gasteiger partial charge in [-0.2, -0.15) is 0 Å². The van der Waals surface area contributed by atoms with Crippen LogP contribution in [0.15, 0.2) is 126 Å². The van der Waals surface area contributed by atoms with Gasteiger partial charge in [0.1, 0.15) is 34.7 Å². The second-order valence-corrected chi connectivity index (χ2v) is 12.8. The fourth-order valence-electron chi connectivity index (χ4n) is 4.85. The van der Waals surface area contributed by atoms with Gasteiger partial charge in [0.15, 0.2) is 0 Å². The molecule has 0 saturated carbocycles. The smallest absolute Gasteiger partial charge is 0.268 e. The van der Waals surface area contributed by atoms with Gasteiger partial charge in [-0.3, -0.25) is 0 Å². The van der Waals surface area contributed by atoms with E-state index in [9.17, 15) is 13.5 Å². The number of aliphatic hydroxyl groups is 1. The number of ether oxygens (including phenoxy) is 2. The van der Waals surface area contributed by atoms with Crippen molar-refractivity contribution in [3.63, 3.8) is 0 Å². The summed E-state index contributed by atoms with van der Waals surface area (Å²) < 4.78 is 43.3. The van der Waals surface area contributed by atoms with Crippen LogP contribution in [0.25, 0.3) is 10.9 Å². The van der Waals surface area contributed by atoms with E-state index >= 15 is 0 Å². The Hall–Kier alpha value is -3.97. The molecule has 0 spiro atoms. The van der Waals surface area contributed by atoms with Crippen LogP contribution >= 0.6 is 22.6 Å². The van der Waals surface area contributed by atoms with E-state index in [1.54, 1.807) is 59.3 Å². The second kappa shape index (κ2) is 12.7. The first-order valence-electron chi connectivity index (χ1n) is 13.5. The van der Waals surface area contributed by atoms with E-state index in [4.69, 9.17) is 9.47 Å². The quantitative estimate of drug-likeness (QED) is 0.155. The van der Waals surface area contributed by atoms with E-state index in [1.165, 1.54) is 10.2 Å². The summed E-state index contributed by atoms with van der Waals surface area (Å²) in [6.45, 7) is 0.883. The van der Waals surface area contributed by atoms with Crippen LogP contribution in [-0.4, -0.2) is 27.0 Å². The van der Waals surface area contributed by atoms with Crippen molar-refractivity contribution in [2.45, 2.75) is 30.9 Å². The minimum absolute atomic E-state index is 0.133. The number of hydrogen-bond acceptors (Lipinski definition) is 6. The van der Waals surface area contributed by atoms with E-state index in [1.807, 2.05) is 60.7 Å². The van der Waals surface area contributed by atoms with Gasteiger partial charge >= 0.3 is 0 Å². The molecular weight excluding hydrogens is 677 g/mol. The Balaban J connectivity index is 1.37. The molecule has 0 aliphatic heterocycles. The molecule has 8 nitrogen and oxygen atoms in total. The zero-order valence-corrected chi connectivity index (χ0v) is 25.9. The van der Waals surface area contributed by atoms with Crippen molar-refractivity contribution in [3.8, 4) is 5.75 Å². The molecule has 0 fully saturated rings. The molecule has 0 saturated heterocycles. The van der Waals surface area contributed by atoms with Crippen molar-refractivity contribution in [1.82, 2.24) is 13.5 Å². The summed E-state index contributed by atoms with van der Waals surface area (Å²) >= 11 is 2.09. The van der Waals surface area contributed by atoms with Crippen molar-refractivity contribution in [2.75, 3.05) is 0 Å². The number of nitrogens with zero attached hydrogens (tertiary/aromatic N) is 3. The van der Waals surface area contributed by atoms with Crippen LogP contribution in [-0.2, 0) is 34.7 Å². The van der Waals surface area contributed by atoms with Crippen LogP contribution in [0.2, 0.25) is 0 Å². The fourth-order valence-corrected chi connectivity index (χ4v) is 6.82. The molecule has 0 bridgehead atoms. The average Bonchev–Trinajstić information content (AvgIpc) is 3.61. The van der Waals surface area contributed by atoms with Crippen molar-refractivity contribution < 1.29 is 23.0 Å². The third-order valence-corrected chi connectivity index (χ3v) is 9.19. The normalized spacial score (nSPS) is 12.4. The lowest BCUT2D eigenvalue weighted by molar-refractivity contribution is 0.0572. The van der Waals surface area contributed by atoms with E-state index in [0.29, 0.717) is 45.0 Å². The van der Waals surface area contributed by atoms with Gasteiger partial charge in [-0.15, -0.1) is 0 Å². The summed E-state index contributed by atoms with van der Waals surface area (Å²) in [7, 11) is -4.00. The molecule has 6 aromatic rings. The molecule has 1 atom stereocenters. The maximum Gasteiger partial charge on any atom is 0.268 e. The first-order chi connectivity index (χ1) is 20.9. The summed E-state index contributed by atoms with van der Waals surface area (Å²) in [5.41, 5.74) is 2.80. The van der Waals surface area contributed by atoms with E-state index in [2.05, 4.69) is 27.6 Å². The zero-order chi connectivity index (χ0) is 29.8. The van der Waals surface area contributed by atoms with Gasteiger partial charge in [-0.25, -0.2) is 17.4 Å². The predicted octanol–water partition coefficient (Wildman–Crippen LogP) is 6.51. The molecule has 43 heavy (non-hydrogen) atoms. The number of hydrogen-bond donors (Lipinski definition) is 1. The van der Waals surface area contributed by atoms with E-state index < -0.39 is 16.1 Å². The Bertz CT molecular complexity index is 1940. The maximum atomic E-state index is 13.9. The molecule has 0 amide bonds. The molecule has 218 valence electrons. The van der Waals surface area contributed by atoms with Gasteiger partial charge < -0.3 is 19.1 Å². The Morgan fingerprint density at radius 2 is 1.44 bits per heavy atom. The Kier molecular flexibility index (Phi) is 8.61. The molecule has 2 aromatic heterocycles. The summed E-state index contributed by atoms with van der Waals surface area (Å²) in [5, 5.41) is 12.3. The minimum Gasteiger partial charge on any atom is -0.489 e. The molecule has 10 heteroatoms. The minimum atomic E-state index is -4.00. The van der Waals surface area contributed by atoms with E-state index in [-0.39, 0.29) is 11.6 Å². The van der Waals surface area contributed by atoms with Crippen molar-refractivity contribution in [3.05, 3.63) is 148 Å². The van der Waals surface area contributed by atoms with Crippen LogP contribution in [0.1, 0.15) is 28.6 Å². The Morgan fingerprint density at radius 1 is 0.814 bits per heavy atom. The third kappa shape index (κ3) is 6.37. The monoisotopic (exact) mass is 705 g/mol. The van der Waals surface area contributed by atoms with Crippen LogP contribution in [0, 0.1) is 3.70 Å². The van der Waals surface area contributed by atoms with Crippen molar-refractivity contribution in [2.24, 2.45) is 0 Å². The van der Waals surface area contributed by atoms with Crippen LogP contribution < -0.4 is 4.74 Å². The number of aromatic nitrogens is 3. The number of benzene rings is 4. The highest BCUT2D eigenvalue weighted by Gasteiger charge is 2.27. The standard InChI is InChI=1S/C33H28IN3O5S/c34-31-20-36(23-41-21-24-10-4-1-5-11-24)33(35-31)32(38)29-19-37(43(39,40)27-14-8-3-9-15-27)30-18-26(16-17-28(29)30)42-22-25-12-6-2-7-13-25/h1-20,32,38H,21-23H2. The van der Waals surface area contributed by atoms with Crippen LogP contribution in [0.3, 0.4) is 0 Å². The number of fused-ring (bicyclic) bond motifs is 1.